The van der Waals surface area contributed by atoms with E-state index < -0.39 is 0 Å². The molecule has 0 aliphatic carbocycles. The number of ether oxygens (including phenoxy) is 2. The molecule has 1 amide bonds. The number of hydrogen-bond acceptors (Lipinski definition) is 3. The Morgan fingerprint density at radius 3 is 2.71 bits per heavy atom. The molecule has 0 N–H and O–H groups in total. The molecule has 1 heterocycles. The van der Waals surface area contributed by atoms with Crippen molar-refractivity contribution in [1.82, 2.24) is 4.90 Å². The number of alkyl halides is 1. The number of hydrogen-bond donors (Lipinski definition) is 0. The van der Waals surface area contributed by atoms with Crippen LogP contribution in [0.1, 0.15) is 19.3 Å². The fraction of sp³-hybridized carbons (Fsp3) is 0.750. The molecule has 1 fully saturated rings. The fourth-order valence-corrected chi connectivity index (χ4v) is 1.79. The highest BCUT2D eigenvalue weighted by molar-refractivity contribution is 6.27. The average molecular weight is 260 g/mol. The zero-order valence-electron chi connectivity index (χ0n) is 9.86. The van der Waals surface area contributed by atoms with Crippen molar-refractivity contribution < 1.29 is 14.3 Å². The van der Waals surface area contributed by atoms with Gasteiger partial charge in [0, 0.05) is 13.0 Å². The zero-order valence-corrected chi connectivity index (χ0v) is 10.6. The molecule has 1 rings (SSSR count). The highest BCUT2D eigenvalue weighted by atomic mass is 35.5. The summed E-state index contributed by atoms with van der Waals surface area (Å²) in [6, 6.07) is 0. The van der Waals surface area contributed by atoms with Crippen molar-refractivity contribution in [2.75, 3.05) is 32.2 Å². The minimum atomic E-state index is -0.310. The van der Waals surface area contributed by atoms with Gasteiger partial charge in [0.2, 0.25) is 5.91 Å². The van der Waals surface area contributed by atoms with E-state index in [0.717, 1.165) is 19.3 Å². The van der Waals surface area contributed by atoms with Gasteiger partial charge >= 0.3 is 0 Å². The standard InChI is InChI=1S/C12H18ClNO3/c1-2-3-4-5-6-14(11(15)9-13)10-12-16-7-8-17-12/h1,12H,3-10H2. The van der Waals surface area contributed by atoms with Crippen LogP contribution in [0.2, 0.25) is 0 Å². The summed E-state index contributed by atoms with van der Waals surface area (Å²) in [4.78, 5) is 13.3. The lowest BCUT2D eigenvalue weighted by Gasteiger charge is -2.24. The minimum absolute atomic E-state index is 0.0120. The topological polar surface area (TPSA) is 38.8 Å². The Morgan fingerprint density at radius 1 is 1.41 bits per heavy atom. The first-order valence-corrected chi connectivity index (χ1v) is 6.31. The normalized spacial score (nSPS) is 15.8. The molecule has 1 aliphatic rings. The fourth-order valence-electron chi connectivity index (χ4n) is 1.62. The van der Waals surface area contributed by atoms with Crippen molar-refractivity contribution >= 4 is 17.5 Å². The largest absolute Gasteiger partial charge is 0.348 e. The number of terminal acetylenes is 1. The summed E-state index contributed by atoms with van der Waals surface area (Å²) in [7, 11) is 0. The van der Waals surface area contributed by atoms with Crippen molar-refractivity contribution in [2.24, 2.45) is 0 Å². The molecule has 0 bridgehead atoms. The van der Waals surface area contributed by atoms with E-state index in [-0.39, 0.29) is 18.1 Å². The lowest BCUT2D eigenvalue weighted by atomic mass is 10.2. The maximum Gasteiger partial charge on any atom is 0.237 e. The first-order chi connectivity index (χ1) is 8.27. The van der Waals surface area contributed by atoms with Gasteiger partial charge in [-0.15, -0.1) is 23.9 Å². The molecular formula is C12H18ClNO3. The second-order valence-electron chi connectivity index (χ2n) is 3.81. The van der Waals surface area contributed by atoms with Crippen LogP contribution in [0.5, 0.6) is 0 Å². The zero-order chi connectivity index (χ0) is 12.5. The predicted octanol–water partition coefficient (Wildman–Crippen LogP) is 1.23. The van der Waals surface area contributed by atoms with Crippen LogP contribution >= 0.6 is 11.6 Å². The maximum absolute atomic E-state index is 11.6. The predicted molar refractivity (Wildman–Crippen MR) is 65.7 cm³/mol. The smallest absolute Gasteiger partial charge is 0.237 e. The third-order valence-electron chi connectivity index (χ3n) is 2.53. The van der Waals surface area contributed by atoms with Crippen molar-refractivity contribution in [2.45, 2.75) is 25.6 Å². The van der Waals surface area contributed by atoms with Gasteiger partial charge in [0.25, 0.3) is 0 Å². The minimum Gasteiger partial charge on any atom is -0.348 e. The highest BCUT2D eigenvalue weighted by Crippen LogP contribution is 2.08. The Hall–Kier alpha value is -0.760. The molecule has 0 aromatic carbocycles. The van der Waals surface area contributed by atoms with Gasteiger partial charge in [0.15, 0.2) is 6.29 Å². The SMILES string of the molecule is C#CCCCCN(CC1OCCO1)C(=O)CCl. The summed E-state index contributed by atoms with van der Waals surface area (Å²) >= 11 is 5.57. The van der Waals surface area contributed by atoms with Gasteiger partial charge in [-0.05, 0) is 12.8 Å². The van der Waals surface area contributed by atoms with Crippen LogP contribution in [0.4, 0.5) is 0 Å². The summed E-state index contributed by atoms with van der Waals surface area (Å²) in [6.45, 7) is 2.27. The second-order valence-corrected chi connectivity index (χ2v) is 4.07. The van der Waals surface area contributed by atoms with E-state index >= 15 is 0 Å². The summed E-state index contributed by atoms with van der Waals surface area (Å²) in [5.74, 6) is 2.48. The molecule has 5 heteroatoms. The summed E-state index contributed by atoms with van der Waals surface area (Å²) < 4.78 is 10.6. The molecule has 0 aromatic heterocycles. The Kier molecular flexibility index (Phi) is 7.02. The van der Waals surface area contributed by atoms with Gasteiger partial charge in [0.05, 0.1) is 19.8 Å². The molecule has 17 heavy (non-hydrogen) atoms. The van der Waals surface area contributed by atoms with Crippen LogP contribution in [-0.2, 0) is 14.3 Å². The molecule has 0 radical (unpaired) electrons. The molecule has 96 valence electrons. The summed E-state index contributed by atoms with van der Waals surface area (Å²) in [5.41, 5.74) is 0. The van der Waals surface area contributed by atoms with E-state index in [9.17, 15) is 4.79 Å². The lowest BCUT2D eigenvalue weighted by molar-refractivity contribution is -0.134. The Labute approximate surface area is 107 Å². The van der Waals surface area contributed by atoms with Crippen LogP contribution in [-0.4, -0.2) is 49.3 Å². The molecule has 1 saturated heterocycles. The van der Waals surface area contributed by atoms with Gasteiger partial charge in [-0.25, -0.2) is 0 Å². The van der Waals surface area contributed by atoms with E-state index in [4.69, 9.17) is 27.5 Å². The number of unbranched alkanes of at least 4 members (excludes halogenated alkanes) is 2. The molecule has 4 nitrogen and oxygen atoms in total. The first-order valence-electron chi connectivity index (χ1n) is 5.78. The Balaban J connectivity index is 2.31. The third-order valence-corrected chi connectivity index (χ3v) is 2.76. The molecule has 1 aliphatic heterocycles. The number of carbonyl (C=O) groups excluding carboxylic acids is 1. The third kappa shape index (κ3) is 5.40. The van der Waals surface area contributed by atoms with E-state index in [2.05, 4.69) is 5.92 Å². The quantitative estimate of drug-likeness (QED) is 0.392. The first kappa shape index (κ1) is 14.3. The van der Waals surface area contributed by atoms with Crippen LogP contribution in [0.25, 0.3) is 0 Å². The van der Waals surface area contributed by atoms with E-state index in [1.165, 1.54) is 0 Å². The summed E-state index contributed by atoms with van der Waals surface area (Å²) in [6.07, 6.45) is 7.38. The van der Waals surface area contributed by atoms with Crippen molar-refractivity contribution in [3.8, 4) is 12.3 Å². The van der Waals surface area contributed by atoms with Gasteiger partial charge in [-0.2, -0.15) is 0 Å². The van der Waals surface area contributed by atoms with E-state index in [1.807, 2.05) is 0 Å². The van der Waals surface area contributed by atoms with Crippen LogP contribution in [0.15, 0.2) is 0 Å². The summed E-state index contributed by atoms with van der Waals surface area (Å²) in [5, 5.41) is 0. The van der Waals surface area contributed by atoms with Crippen LogP contribution in [0.3, 0.4) is 0 Å². The number of halogens is 1. The maximum atomic E-state index is 11.6. The Morgan fingerprint density at radius 2 is 2.12 bits per heavy atom. The molecule has 0 saturated carbocycles. The molecule has 0 spiro atoms. The van der Waals surface area contributed by atoms with Crippen molar-refractivity contribution in [3.05, 3.63) is 0 Å². The molecule has 0 unspecified atom stereocenters. The average Bonchev–Trinajstić information content (AvgIpc) is 2.85. The number of amides is 1. The number of carbonyl (C=O) groups is 1. The van der Waals surface area contributed by atoms with Gasteiger partial charge < -0.3 is 14.4 Å². The molecular weight excluding hydrogens is 242 g/mol. The van der Waals surface area contributed by atoms with Crippen molar-refractivity contribution in [1.29, 1.82) is 0 Å². The highest BCUT2D eigenvalue weighted by Gasteiger charge is 2.22. The second kappa shape index (κ2) is 8.35. The van der Waals surface area contributed by atoms with Crippen LogP contribution in [0, 0.1) is 12.3 Å². The number of rotatable bonds is 7. The van der Waals surface area contributed by atoms with Gasteiger partial charge in [0.1, 0.15) is 5.88 Å². The van der Waals surface area contributed by atoms with Gasteiger partial charge in [-0.1, -0.05) is 0 Å². The van der Waals surface area contributed by atoms with Crippen LogP contribution < -0.4 is 0 Å². The Bertz CT molecular complexity index is 271. The number of nitrogens with zero attached hydrogens (tertiary/aromatic N) is 1. The lowest BCUT2D eigenvalue weighted by Crippen LogP contribution is -2.39. The van der Waals surface area contributed by atoms with Crippen molar-refractivity contribution in [3.63, 3.8) is 0 Å². The molecule has 0 atom stereocenters. The monoisotopic (exact) mass is 259 g/mol. The molecule has 0 aromatic rings. The van der Waals surface area contributed by atoms with E-state index in [0.29, 0.717) is 26.3 Å². The van der Waals surface area contributed by atoms with Gasteiger partial charge in [-0.3, -0.25) is 4.79 Å². The van der Waals surface area contributed by atoms with E-state index in [1.54, 1.807) is 4.90 Å².